The topological polar surface area (TPSA) is 73.3 Å². The van der Waals surface area contributed by atoms with E-state index in [0.717, 1.165) is 52.5 Å². The van der Waals surface area contributed by atoms with Gasteiger partial charge in [0.05, 0.1) is 11.3 Å². The molecule has 0 amide bonds. The number of nitrogens with zero attached hydrogens (tertiary/aromatic N) is 2. The molecule has 1 fully saturated rings. The van der Waals surface area contributed by atoms with Gasteiger partial charge in [-0.05, 0) is 50.1 Å². The Balaban J connectivity index is 0.00000205. The van der Waals surface area contributed by atoms with Crippen molar-refractivity contribution < 1.29 is 29.2 Å². The van der Waals surface area contributed by atoms with Crippen molar-refractivity contribution in [3.8, 4) is 0 Å². The number of alkyl halides is 3. The van der Waals surface area contributed by atoms with Gasteiger partial charge in [-0.1, -0.05) is 18.2 Å². The second-order valence-electron chi connectivity index (χ2n) is 7.36. The molecule has 2 heterocycles. The Hall–Kier alpha value is -2.97. The number of hydrogen-bond donors (Lipinski definition) is 2. The average molecular weight is 403 g/mol. The van der Waals surface area contributed by atoms with Crippen molar-refractivity contribution in [2.45, 2.75) is 32.0 Å². The molecule has 0 unspecified atom stereocenters. The van der Waals surface area contributed by atoms with E-state index in [2.05, 4.69) is 17.9 Å². The summed E-state index contributed by atoms with van der Waals surface area (Å²) in [4.78, 5) is 2.17. The van der Waals surface area contributed by atoms with Crippen LogP contribution in [0.2, 0.25) is 0 Å². The zero-order chi connectivity index (χ0) is 19.6. The number of hydrogen-bond acceptors (Lipinski definition) is 4. The van der Waals surface area contributed by atoms with Gasteiger partial charge in [0.2, 0.25) is 0 Å². The lowest BCUT2D eigenvalue weighted by Gasteiger charge is -2.27. The van der Waals surface area contributed by atoms with E-state index in [1.807, 2.05) is 23.6 Å². The van der Waals surface area contributed by atoms with Gasteiger partial charge in [0.15, 0.2) is 11.4 Å². The molecule has 5 nitrogen and oxygen atoms in total. The summed E-state index contributed by atoms with van der Waals surface area (Å²) in [5, 5.41) is 14.7. The van der Waals surface area contributed by atoms with Crippen LogP contribution in [0.1, 0.15) is 25.3 Å². The molecular weight excluding hydrogens is 383 g/mol. The Labute approximate surface area is 164 Å². The number of halogens is 3. The Morgan fingerprint density at radius 1 is 1.00 bits per heavy atom. The number of fused-ring (bicyclic) bond motifs is 2. The third-order valence-electron chi connectivity index (χ3n) is 5.55. The van der Waals surface area contributed by atoms with Crippen LogP contribution in [-0.4, -0.2) is 21.5 Å². The fourth-order valence-corrected chi connectivity index (χ4v) is 4.05. The number of aliphatic hydroxyl groups excluding tert-OH is 1. The summed E-state index contributed by atoms with van der Waals surface area (Å²) in [5.74, 6) is 0.0514. The van der Waals surface area contributed by atoms with Gasteiger partial charge < -0.3 is 15.5 Å². The second kappa shape index (κ2) is 6.53. The van der Waals surface area contributed by atoms with E-state index in [-0.39, 0.29) is 11.4 Å². The van der Waals surface area contributed by atoms with Gasteiger partial charge in [-0.2, -0.15) is 18.2 Å². The minimum absolute atomic E-state index is 0. The summed E-state index contributed by atoms with van der Waals surface area (Å²) >= 11 is 0. The summed E-state index contributed by atoms with van der Waals surface area (Å²) in [6.07, 6.45) is -2.27. The van der Waals surface area contributed by atoms with Gasteiger partial charge in [-0.25, -0.2) is 5.43 Å². The van der Waals surface area contributed by atoms with Crippen molar-refractivity contribution in [1.82, 2.24) is 4.90 Å². The first-order chi connectivity index (χ1) is 13.4. The fourth-order valence-electron chi connectivity index (χ4n) is 4.05. The van der Waals surface area contributed by atoms with Gasteiger partial charge in [0.25, 0.3) is 5.88 Å². The highest BCUT2D eigenvalue weighted by atomic mass is 19.4. The third kappa shape index (κ3) is 2.95. The summed E-state index contributed by atoms with van der Waals surface area (Å²) in [5.41, 5.74) is 4.32. The SMILES string of the molecule is CC1=c2ccccc2=C2[NH2+]N(c3ccc(C(F)(F)F)cc3)C(O)=C2N1C1CC1.[OH-]. The molecule has 2 aromatic carbocycles. The maximum atomic E-state index is 12.9. The molecule has 5 rings (SSSR count). The molecular formula is C21H20F3N3O2. The van der Waals surface area contributed by atoms with E-state index >= 15 is 0 Å². The molecule has 4 N–H and O–H groups in total. The quantitative estimate of drug-likeness (QED) is 0.752. The third-order valence-corrected chi connectivity index (χ3v) is 5.55. The number of aliphatic hydroxyl groups is 1. The highest BCUT2D eigenvalue weighted by molar-refractivity contribution is 5.71. The highest BCUT2D eigenvalue weighted by Crippen LogP contribution is 2.39. The molecule has 2 aromatic rings. The van der Waals surface area contributed by atoms with Crippen molar-refractivity contribution in [3.63, 3.8) is 0 Å². The van der Waals surface area contributed by atoms with Gasteiger partial charge in [-0.15, -0.1) is 0 Å². The first kappa shape index (κ1) is 19.4. The molecule has 3 aliphatic rings. The molecule has 2 aliphatic heterocycles. The number of quaternary nitrogens is 1. The Morgan fingerprint density at radius 3 is 2.21 bits per heavy atom. The minimum atomic E-state index is -4.38. The number of nitrogens with two attached hydrogens (primary N) is 1. The first-order valence-corrected chi connectivity index (χ1v) is 9.21. The van der Waals surface area contributed by atoms with Crippen LogP contribution in [0.5, 0.6) is 0 Å². The molecule has 29 heavy (non-hydrogen) atoms. The van der Waals surface area contributed by atoms with Gasteiger partial charge in [0, 0.05) is 22.2 Å². The number of benzene rings is 2. The van der Waals surface area contributed by atoms with Crippen LogP contribution >= 0.6 is 0 Å². The maximum Gasteiger partial charge on any atom is 0.416 e. The fraction of sp³-hybridized carbons (Fsp3) is 0.238. The van der Waals surface area contributed by atoms with Gasteiger partial charge >= 0.3 is 6.18 Å². The van der Waals surface area contributed by atoms with Gasteiger partial charge in [0.1, 0.15) is 0 Å². The van der Waals surface area contributed by atoms with E-state index in [1.165, 1.54) is 12.1 Å². The smallest absolute Gasteiger partial charge is 0.416 e. The molecule has 0 saturated heterocycles. The van der Waals surface area contributed by atoms with E-state index in [0.29, 0.717) is 11.7 Å². The zero-order valence-corrected chi connectivity index (χ0v) is 15.6. The molecule has 8 heteroatoms. The molecule has 0 spiro atoms. The lowest BCUT2D eigenvalue weighted by molar-refractivity contribution is -0.568. The van der Waals surface area contributed by atoms with E-state index in [1.54, 1.807) is 5.01 Å². The monoisotopic (exact) mass is 403 g/mol. The van der Waals surface area contributed by atoms with Crippen LogP contribution in [0.15, 0.2) is 60.1 Å². The van der Waals surface area contributed by atoms with Crippen LogP contribution in [0.4, 0.5) is 18.9 Å². The molecule has 0 radical (unpaired) electrons. The Kier molecular flexibility index (Phi) is 4.36. The molecule has 0 atom stereocenters. The Bertz CT molecular complexity index is 1120. The lowest BCUT2D eigenvalue weighted by Crippen LogP contribution is -2.90. The number of rotatable bonds is 2. The van der Waals surface area contributed by atoms with E-state index in [9.17, 15) is 18.3 Å². The molecule has 0 aromatic heterocycles. The molecule has 0 bridgehead atoms. The normalized spacial score (nSPS) is 18.6. The average Bonchev–Trinajstić information content (AvgIpc) is 3.45. The minimum Gasteiger partial charge on any atom is -0.870 e. The molecule has 1 saturated carbocycles. The van der Waals surface area contributed by atoms with Crippen LogP contribution in [0, 0.1) is 0 Å². The second-order valence-corrected chi connectivity index (χ2v) is 7.36. The zero-order valence-electron chi connectivity index (χ0n) is 15.6. The van der Waals surface area contributed by atoms with Gasteiger partial charge in [-0.3, -0.25) is 0 Å². The predicted molar refractivity (Wildman–Crippen MR) is 100 cm³/mol. The Morgan fingerprint density at radius 2 is 1.62 bits per heavy atom. The van der Waals surface area contributed by atoms with Crippen molar-refractivity contribution in [2.75, 3.05) is 5.01 Å². The lowest BCUT2D eigenvalue weighted by atomic mass is 10.1. The molecule has 1 aliphatic carbocycles. The van der Waals surface area contributed by atoms with Crippen LogP contribution < -0.4 is 20.9 Å². The van der Waals surface area contributed by atoms with Crippen LogP contribution in [0.25, 0.3) is 11.4 Å². The highest BCUT2D eigenvalue weighted by Gasteiger charge is 2.44. The van der Waals surface area contributed by atoms with Crippen LogP contribution in [0.3, 0.4) is 0 Å². The van der Waals surface area contributed by atoms with Crippen molar-refractivity contribution >= 4 is 17.1 Å². The van der Waals surface area contributed by atoms with E-state index in [4.69, 9.17) is 0 Å². The molecule has 152 valence electrons. The van der Waals surface area contributed by atoms with Crippen molar-refractivity contribution in [3.05, 3.63) is 76.1 Å². The summed E-state index contributed by atoms with van der Waals surface area (Å²) in [6.45, 7) is 2.05. The summed E-state index contributed by atoms with van der Waals surface area (Å²) < 4.78 is 38.6. The largest absolute Gasteiger partial charge is 0.870 e. The summed E-state index contributed by atoms with van der Waals surface area (Å²) in [7, 11) is 0. The standard InChI is InChI=1S/C21H18F3N3O.H2O/c1-12-16-4-2-3-5-17(16)18-19(26(12)14-10-11-14)20(28)27(25-18)15-8-6-13(7-9-15)21(22,23)24;/h2-9,14,25,28H,10-11H2,1H3;1H2. The predicted octanol–water partition coefficient (Wildman–Crippen LogP) is 1.97. The van der Waals surface area contributed by atoms with Crippen molar-refractivity contribution in [1.29, 1.82) is 0 Å². The first-order valence-electron chi connectivity index (χ1n) is 9.21. The van der Waals surface area contributed by atoms with Crippen LogP contribution in [-0.2, 0) is 6.18 Å². The van der Waals surface area contributed by atoms with Crippen molar-refractivity contribution in [2.24, 2.45) is 0 Å². The van der Waals surface area contributed by atoms with E-state index < -0.39 is 11.7 Å². The summed E-state index contributed by atoms with van der Waals surface area (Å²) in [6, 6.07) is 13.2. The maximum absolute atomic E-state index is 12.9. The number of anilines is 1.